The zero-order chi connectivity index (χ0) is 0. The third-order valence-corrected chi connectivity index (χ3v) is 0. The first kappa shape index (κ1) is 1490. The minimum absolute atomic E-state index is 0. The molecule has 0 aliphatic rings. The fourth-order valence-electron chi connectivity index (χ4n) is 0. The van der Waals surface area contributed by atoms with E-state index in [0.29, 0.717) is 0 Å². The Balaban J connectivity index is 0. The molecule has 0 heterocycles. The summed E-state index contributed by atoms with van der Waals surface area (Å²) in [5.74, 6) is 0. The van der Waals surface area contributed by atoms with Gasteiger partial charge in [-0.25, -0.2) is 0 Å². The van der Waals surface area contributed by atoms with Crippen LogP contribution < -0.4 is 14.1 Å². The van der Waals surface area contributed by atoms with E-state index in [1.807, 2.05) is 0 Å². The molecule has 35 valence electrons. The predicted molar refractivity (Wildman–Crippen MR) is 2.50 cm³/mol. The van der Waals surface area contributed by atoms with Crippen molar-refractivity contribution in [1.29, 1.82) is 0 Å². The molecule has 0 atom stereocenters. The fraction of sp³-hybridized carbons (Fsp3) is 0. The molecule has 0 saturated heterocycles. The predicted octanol–water partition coefficient (Wildman–Crippen LogP) is -8.84. The van der Waals surface area contributed by atoms with Gasteiger partial charge in [0.15, 0.2) is 0 Å². The molecule has 1 radical (unpaired) electrons. The van der Waals surface area contributed by atoms with E-state index in [1.165, 1.54) is 0 Å². The Morgan fingerprint density at radius 2 is 0.600 bits per heavy atom. The molecule has 0 bridgehead atoms. The van der Waals surface area contributed by atoms with Crippen molar-refractivity contribution < 1.29 is 36.2 Å². The van der Waals surface area contributed by atoms with Crippen LogP contribution in [0.15, 0.2) is 0 Å². The summed E-state index contributed by atoms with van der Waals surface area (Å²) in [5.41, 5.74) is 0. The van der Waals surface area contributed by atoms with Crippen LogP contribution >= 0.6 is 0 Å². The van der Waals surface area contributed by atoms with Crippen molar-refractivity contribution in [3.05, 3.63) is 0 Å². The maximum absolute atomic E-state index is 0. The van der Waals surface area contributed by atoms with Gasteiger partial charge in [-0.1, -0.05) is 0 Å². The van der Waals surface area contributed by atoms with Crippen LogP contribution in [0.4, 0.5) is 4.70 Å². The fourth-order valence-corrected chi connectivity index (χ4v) is 0. The van der Waals surface area contributed by atoms with Gasteiger partial charge < -0.3 is 14.1 Å². The van der Waals surface area contributed by atoms with E-state index >= 15 is 0 Å². The topological polar surface area (TPSA) is 0 Å². The Morgan fingerprint density at radius 3 is 0.600 bits per heavy atom. The molecule has 0 aromatic carbocycles. The Hall–Kier alpha value is 0.252. The standard InChI is InChI=1S/Cr.4FH/h;4*1H/q+3;;;;/p-3. The average molecular weight is 129 g/mol. The summed E-state index contributed by atoms with van der Waals surface area (Å²) in [4.78, 5) is 0. The number of halogens is 4. The molecule has 0 fully saturated rings. The Labute approximate surface area is 37.2 Å². The van der Waals surface area contributed by atoms with Crippen molar-refractivity contribution in [2.75, 3.05) is 0 Å². The van der Waals surface area contributed by atoms with Gasteiger partial charge in [0.05, 0.1) is 0 Å². The van der Waals surface area contributed by atoms with E-state index in [9.17, 15) is 0 Å². The van der Waals surface area contributed by atoms with E-state index in [2.05, 4.69) is 0 Å². The van der Waals surface area contributed by atoms with E-state index in [0.717, 1.165) is 0 Å². The van der Waals surface area contributed by atoms with E-state index in [4.69, 9.17) is 0 Å². The normalized spacial score (nSPS) is 0. The molecule has 0 nitrogen and oxygen atoms in total. The first-order chi connectivity index (χ1) is 0. The van der Waals surface area contributed by atoms with Gasteiger partial charge in [-0.05, 0) is 0 Å². The van der Waals surface area contributed by atoms with Crippen molar-refractivity contribution in [2.24, 2.45) is 0 Å². The summed E-state index contributed by atoms with van der Waals surface area (Å²) in [5, 5.41) is 0. The monoisotopic (exact) mass is 129 g/mol. The molecular weight excluding hydrogens is 128 g/mol. The number of hydrogen-bond acceptors (Lipinski definition) is 0. The minimum Gasteiger partial charge on any atom is -1.00 e. The summed E-state index contributed by atoms with van der Waals surface area (Å²) >= 11 is 0. The number of hydrogen-bond donors (Lipinski definition) is 0. The maximum Gasteiger partial charge on any atom is 3.00 e. The maximum atomic E-state index is 0. The molecule has 0 aliphatic carbocycles. The molecule has 0 N–H and O–H groups in total. The van der Waals surface area contributed by atoms with Gasteiger partial charge in [0, 0.05) is 0 Å². The zero-order valence-electron chi connectivity index (χ0n) is 1.95. The molecule has 0 saturated carbocycles. The van der Waals surface area contributed by atoms with Crippen molar-refractivity contribution in [3.8, 4) is 0 Å². The molecule has 5 heteroatoms. The second-order valence-electron chi connectivity index (χ2n) is 0. The Morgan fingerprint density at radius 1 is 0.600 bits per heavy atom. The van der Waals surface area contributed by atoms with Crippen molar-refractivity contribution in [1.82, 2.24) is 0 Å². The summed E-state index contributed by atoms with van der Waals surface area (Å²) < 4.78 is 0. The van der Waals surface area contributed by atoms with Crippen LogP contribution in [-0.2, 0) is 17.4 Å². The molecule has 0 aromatic rings. The quantitative estimate of drug-likeness (QED) is 0.285. The van der Waals surface area contributed by atoms with Crippen LogP contribution in [0.3, 0.4) is 0 Å². The Bertz CT molecular complexity index is 3.61. The van der Waals surface area contributed by atoms with Gasteiger partial charge in [-0.15, -0.1) is 0 Å². The van der Waals surface area contributed by atoms with Crippen LogP contribution in [0.2, 0.25) is 0 Å². The van der Waals surface area contributed by atoms with Crippen LogP contribution in [-0.4, -0.2) is 0 Å². The van der Waals surface area contributed by atoms with Gasteiger partial charge in [0.25, 0.3) is 0 Å². The third-order valence-electron chi connectivity index (χ3n) is 0. The minimum atomic E-state index is 0. The average Bonchev–Trinajstić information content (AvgIpc) is 0. The van der Waals surface area contributed by atoms with E-state index < -0.39 is 0 Å². The molecule has 0 spiro atoms. The number of rotatable bonds is 0. The Kier molecular flexibility index (Phi) is 210000. The van der Waals surface area contributed by atoms with Gasteiger partial charge in [0.1, 0.15) is 0 Å². The molecule has 0 amide bonds. The van der Waals surface area contributed by atoms with Crippen molar-refractivity contribution in [2.45, 2.75) is 0 Å². The van der Waals surface area contributed by atoms with Crippen molar-refractivity contribution >= 4 is 0 Å². The second kappa shape index (κ2) is 706. The van der Waals surface area contributed by atoms with Gasteiger partial charge in [0.2, 0.25) is 0 Å². The van der Waals surface area contributed by atoms with Crippen LogP contribution in [0, 0.1) is 0 Å². The molecular formula is HCrF4. The SMILES string of the molecule is F.[Cr+3].[F-].[F-].[F-]. The molecule has 0 aromatic heterocycles. The largest absolute Gasteiger partial charge is 3.00 e. The summed E-state index contributed by atoms with van der Waals surface area (Å²) in [6, 6.07) is 0. The smallest absolute Gasteiger partial charge is 1.00 e. The van der Waals surface area contributed by atoms with Gasteiger partial charge in [-0.2, -0.15) is 0 Å². The zero-order valence-corrected chi connectivity index (χ0v) is 3.23. The van der Waals surface area contributed by atoms with Crippen LogP contribution in [0.25, 0.3) is 0 Å². The summed E-state index contributed by atoms with van der Waals surface area (Å²) in [6.07, 6.45) is 0. The van der Waals surface area contributed by atoms with Crippen molar-refractivity contribution in [3.63, 3.8) is 0 Å². The molecule has 0 aliphatic heterocycles. The van der Waals surface area contributed by atoms with E-state index in [1.54, 1.807) is 0 Å². The molecule has 0 rings (SSSR count). The van der Waals surface area contributed by atoms with E-state index in [-0.39, 0.29) is 36.2 Å². The van der Waals surface area contributed by atoms with Crippen LogP contribution in [0.5, 0.6) is 0 Å². The molecule has 0 unspecified atom stereocenters. The van der Waals surface area contributed by atoms with Gasteiger partial charge >= 0.3 is 17.4 Å². The molecule has 5 heavy (non-hydrogen) atoms. The summed E-state index contributed by atoms with van der Waals surface area (Å²) in [6.45, 7) is 0. The van der Waals surface area contributed by atoms with Gasteiger partial charge in [-0.3, -0.25) is 4.70 Å². The second-order valence-corrected chi connectivity index (χ2v) is 0. The first-order valence-electron chi connectivity index (χ1n) is 0. The third kappa shape index (κ3) is 338. The van der Waals surface area contributed by atoms with Crippen LogP contribution in [0.1, 0.15) is 0 Å². The summed E-state index contributed by atoms with van der Waals surface area (Å²) in [7, 11) is 0. The first-order valence-corrected chi connectivity index (χ1v) is 0.